The van der Waals surface area contributed by atoms with Gasteiger partial charge in [-0.15, -0.1) is 10.2 Å². The molecular weight excluding hydrogens is 339 g/mol. The van der Waals surface area contributed by atoms with Gasteiger partial charge in [0.15, 0.2) is 0 Å². The van der Waals surface area contributed by atoms with E-state index in [2.05, 4.69) is 10.2 Å². The molecule has 9 heteroatoms. The first-order chi connectivity index (χ1) is 11.5. The Morgan fingerprint density at radius 3 is 2.29 bits per heavy atom. The van der Waals surface area contributed by atoms with Gasteiger partial charge in [0.1, 0.15) is 5.82 Å². The van der Waals surface area contributed by atoms with Crippen LogP contribution in [-0.4, -0.2) is 58.0 Å². The second-order valence-corrected chi connectivity index (χ2v) is 5.71. The number of nitrogens with zero attached hydrogens (tertiary/aromatic N) is 4. The lowest BCUT2D eigenvalue weighted by Gasteiger charge is -2.34. The van der Waals surface area contributed by atoms with E-state index in [4.69, 9.17) is 16.0 Å². The quantitative estimate of drug-likeness (QED) is 0.823. The van der Waals surface area contributed by atoms with Gasteiger partial charge in [0.05, 0.1) is 10.6 Å². The van der Waals surface area contributed by atoms with Crippen LogP contribution in [0.1, 0.15) is 26.9 Å². The fourth-order valence-corrected chi connectivity index (χ4v) is 2.73. The molecule has 1 aliphatic heterocycles. The first-order valence-corrected chi connectivity index (χ1v) is 7.68. The van der Waals surface area contributed by atoms with Gasteiger partial charge in [0.25, 0.3) is 5.91 Å². The Labute approximate surface area is 142 Å². The monoisotopic (exact) mass is 352 g/mol. The molecule has 3 rings (SSSR count). The lowest BCUT2D eigenvalue weighted by atomic mass is 10.1. The second-order valence-electron chi connectivity index (χ2n) is 5.31. The van der Waals surface area contributed by atoms with Gasteiger partial charge in [0.2, 0.25) is 5.89 Å². The van der Waals surface area contributed by atoms with Gasteiger partial charge < -0.3 is 14.2 Å². The van der Waals surface area contributed by atoms with Gasteiger partial charge in [-0.1, -0.05) is 17.7 Å². The molecule has 0 atom stereocenters. The standard InChI is InChI=1S/C15H14ClFN4O3/c1-9-18-19-13(24-9)15(23)21-7-5-20(6-8-21)14(22)12-10(16)3-2-4-11(12)17/h2-4H,5-8H2,1H3. The summed E-state index contributed by atoms with van der Waals surface area (Å²) >= 11 is 5.93. The van der Waals surface area contributed by atoms with Crippen molar-refractivity contribution in [1.82, 2.24) is 20.0 Å². The van der Waals surface area contributed by atoms with E-state index in [1.54, 1.807) is 6.92 Å². The summed E-state index contributed by atoms with van der Waals surface area (Å²) in [6, 6.07) is 4.10. The molecule has 0 aliphatic carbocycles. The Bertz CT molecular complexity index is 767. The van der Waals surface area contributed by atoms with E-state index in [0.717, 1.165) is 0 Å². The number of carbonyl (C=O) groups excluding carboxylic acids is 2. The summed E-state index contributed by atoms with van der Waals surface area (Å²) in [7, 11) is 0. The lowest BCUT2D eigenvalue weighted by Crippen LogP contribution is -2.50. The minimum absolute atomic E-state index is 0.0693. The molecule has 1 fully saturated rings. The van der Waals surface area contributed by atoms with Crippen molar-refractivity contribution in [3.63, 3.8) is 0 Å². The third-order valence-electron chi connectivity index (χ3n) is 3.74. The Kier molecular flexibility index (Phi) is 4.48. The molecule has 0 unspecified atom stereocenters. The van der Waals surface area contributed by atoms with Crippen LogP contribution in [0.2, 0.25) is 5.02 Å². The number of amides is 2. The minimum Gasteiger partial charge on any atom is -0.417 e. The maximum Gasteiger partial charge on any atom is 0.311 e. The second kappa shape index (κ2) is 6.56. The number of aromatic nitrogens is 2. The topological polar surface area (TPSA) is 79.5 Å². The molecule has 1 aliphatic rings. The molecule has 0 N–H and O–H groups in total. The third kappa shape index (κ3) is 3.09. The fraction of sp³-hybridized carbons (Fsp3) is 0.333. The highest BCUT2D eigenvalue weighted by atomic mass is 35.5. The van der Waals surface area contributed by atoms with Gasteiger partial charge in [-0.05, 0) is 12.1 Å². The van der Waals surface area contributed by atoms with E-state index in [9.17, 15) is 14.0 Å². The summed E-state index contributed by atoms with van der Waals surface area (Å²) in [6.07, 6.45) is 0. The molecule has 0 spiro atoms. The van der Waals surface area contributed by atoms with E-state index in [1.807, 2.05) is 0 Å². The fourth-order valence-electron chi connectivity index (χ4n) is 2.49. The molecule has 24 heavy (non-hydrogen) atoms. The highest BCUT2D eigenvalue weighted by Gasteiger charge is 2.29. The molecule has 2 heterocycles. The zero-order valence-electron chi connectivity index (χ0n) is 12.8. The molecule has 126 valence electrons. The molecule has 1 saturated heterocycles. The predicted octanol–water partition coefficient (Wildman–Crippen LogP) is 1.77. The third-order valence-corrected chi connectivity index (χ3v) is 4.05. The van der Waals surface area contributed by atoms with Crippen molar-refractivity contribution < 1.29 is 18.4 Å². The number of aryl methyl sites for hydroxylation is 1. The Morgan fingerprint density at radius 2 is 1.75 bits per heavy atom. The van der Waals surface area contributed by atoms with Crippen LogP contribution in [0, 0.1) is 12.7 Å². The average Bonchev–Trinajstić information content (AvgIpc) is 3.00. The zero-order valence-corrected chi connectivity index (χ0v) is 13.6. The van der Waals surface area contributed by atoms with Gasteiger partial charge in [0, 0.05) is 33.1 Å². The number of piperazine rings is 1. The zero-order chi connectivity index (χ0) is 17.3. The Morgan fingerprint density at radius 1 is 1.12 bits per heavy atom. The predicted molar refractivity (Wildman–Crippen MR) is 82.3 cm³/mol. The maximum absolute atomic E-state index is 13.9. The maximum atomic E-state index is 13.9. The van der Waals surface area contributed by atoms with Crippen LogP contribution >= 0.6 is 11.6 Å². The summed E-state index contributed by atoms with van der Waals surface area (Å²) in [5, 5.41) is 7.38. The number of rotatable bonds is 2. The normalized spacial score (nSPS) is 14.8. The summed E-state index contributed by atoms with van der Waals surface area (Å²) in [4.78, 5) is 27.6. The first kappa shape index (κ1) is 16.4. The summed E-state index contributed by atoms with van der Waals surface area (Å²) in [5.74, 6) is -1.30. The Hall–Kier alpha value is -2.48. The Balaban J connectivity index is 1.67. The molecule has 0 radical (unpaired) electrons. The van der Waals surface area contributed by atoms with Gasteiger partial charge in [-0.3, -0.25) is 9.59 Å². The highest BCUT2D eigenvalue weighted by Crippen LogP contribution is 2.21. The van der Waals surface area contributed by atoms with Gasteiger partial charge in [-0.25, -0.2) is 4.39 Å². The van der Waals surface area contributed by atoms with E-state index < -0.39 is 11.7 Å². The lowest BCUT2D eigenvalue weighted by molar-refractivity contribution is 0.0510. The van der Waals surface area contributed by atoms with Crippen LogP contribution in [0.15, 0.2) is 22.6 Å². The highest BCUT2D eigenvalue weighted by molar-refractivity contribution is 6.33. The molecular formula is C15H14ClFN4O3. The van der Waals surface area contributed by atoms with Crippen molar-refractivity contribution in [2.24, 2.45) is 0 Å². The van der Waals surface area contributed by atoms with E-state index >= 15 is 0 Å². The SMILES string of the molecule is Cc1nnc(C(=O)N2CCN(C(=O)c3c(F)cccc3Cl)CC2)o1. The van der Waals surface area contributed by atoms with Crippen molar-refractivity contribution >= 4 is 23.4 Å². The number of hydrogen-bond acceptors (Lipinski definition) is 5. The average molecular weight is 353 g/mol. The van der Waals surface area contributed by atoms with E-state index in [0.29, 0.717) is 5.89 Å². The molecule has 2 amide bonds. The van der Waals surface area contributed by atoms with Crippen molar-refractivity contribution in [3.8, 4) is 0 Å². The van der Waals surface area contributed by atoms with Crippen molar-refractivity contribution in [3.05, 3.63) is 46.4 Å². The van der Waals surface area contributed by atoms with E-state index in [-0.39, 0.29) is 48.6 Å². The van der Waals surface area contributed by atoms with Crippen LogP contribution in [0.5, 0.6) is 0 Å². The van der Waals surface area contributed by atoms with Crippen LogP contribution in [-0.2, 0) is 0 Å². The smallest absolute Gasteiger partial charge is 0.311 e. The molecule has 0 saturated carbocycles. The van der Waals surface area contributed by atoms with Gasteiger partial charge >= 0.3 is 11.8 Å². The molecule has 7 nitrogen and oxygen atoms in total. The summed E-state index contributed by atoms with van der Waals surface area (Å²) in [6.45, 7) is 2.71. The number of carbonyl (C=O) groups is 2. The number of halogens is 2. The molecule has 1 aromatic heterocycles. The molecule has 1 aromatic carbocycles. The van der Waals surface area contributed by atoms with Crippen LogP contribution in [0.25, 0.3) is 0 Å². The van der Waals surface area contributed by atoms with Crippen molar-refractivity contribution in [2.75, 3.05) is 26.2 Å². The van der Waals surface area contributed by atoms with Gasteiger partial charge in [-0.2, -0.15) is 0 Å². The molecule has 0 bridgehead atoms. The number of hydrogen-bond donors (Lipinski definition) is 0. The van der Waals surface area contributed by atoms with E-state index in [1.165, 1.54) is 28.0 Å². The summed E-state index contributed by atoms with van der Waals surface area (Å²) in [5.41, 5.74) is -0.147. The minimum atomic E-state index is -0.660. The van der Waals surface area contributed by atoms with Crippen molar-refractivity contribution in [1.29, 1.82) is 0 Å². The number of benzene rings is 1. The first-order valence-electron chi connectivity index (χ1n) is 7.30. The van der Waals surface area contributed by atoms with Crippen LogP contribution < -0.4 is 0 Å². The summed E-state index contributed by atoms with van der Waals surface area (Å²) < 4.78 is 19.0. The van der Waals surface area contributed by atoms with Crippen molar-refractivity contribution in [2.45, 2.75) is 6.92 Å². The molecule has 2 aromatic rings. The van der Waals surface area contributed by atoms with Crippen LogP contribution in [0.4, 0.5) is 4.39 Å². The largest absolute Gasteiger partial charge is 0.417 e. The van der Waals surface area contributed by atoms with Crippen LogP contribution in [0.3, 0.4) is 0 Å².